The summed E-state index contributed by atoms with van der Waals surface area (Å²) in [4.78, 5) is 0. The summed E-state index contributed by atoms with van der Waals surface area (Å²) in [5, 5.41) is 0. The Balaban J connectivity index is 2.84. The molecule has 0 saturated heterocycles. The molecule has 0 saturated carbocycles. The van der Waals surface area contributed by atoms with Gasteiger partial charge in [0.25, 0.3) is 0 Å². The molecular weight excluding hydrogens is 297 g/mol. The average Bonchev–Trinajstić information content (AvgIpc) is 2.08. The highest BCUT2D eigenvalue weighted by Crippen LogP contribution is 2.18. The number of benzene rings is 1. The van der Waals surface area contributed by atoms with E-state index in [0.717, 1.165) is 0 Å². The molecule has 0 aromatic heterocycles. The van der Waals surface area contributed by atoms with Gasteiger partial charge in [0, 0.05) is 6.04 Å². The highest BCUT2D eigenvalue weighted by molar-refractivity contribution is 9.10. The minimum absolute atomic E-state index is 0.0675. The van der Waals surface area contributed by atoms with Gasteiger partial charge in [-0.25, -0.2) is 12.8 Å². The van der Waals surface area contributed by atoms with Crippen LogP contribution in [0.1, 0.15) is 12.5 Å². The van der Waals surface area contributed by atoms with Gasteiger partial charge in [-0.05, 0) is 40.5 Å². The van der Waals surface area contributed by atoms with E-state index < -0.39 is 21.7 Å². The van der Waals surface area contributed by atoms with Crippen molar-refractivity contribution in [3.05, 3.63) is 34.1 Å². The van der Waals surface area contributed by atoms with Crippen LogP contribution in [-0.2, 0) is 15.6 Å². The number of hydrogen-bond acceptors (Lipinski definition) is 3. The summed E-state index contributed by atoms with van der Waals surface area (Å²) in [7, 11) is -3.23. The van der Waals surface area contributed by atoms with Crippen LogP contribution in [0.15, 0.2) is 22.7 Å². The van der Waals surface area contributed by atoms with E-state index >= 15 is 0 Å². The molecule has 16 heavy (non-hydrogen) atoms. The molecule has 1 rings (SSSR count). The molecule has 3 nitrogen and oxygen atoms in total. The summed E-state index contributed by atoms with van der Waals surface area (Å²) in [6, 6.07) is 3.77. The summed E-state index contributed by atoms with van der Waals surface area (Å²) in [6.07, 6.45) is 0. The largest absolute Gasteiger partial charge is 0.327 e. The molecule has 90 valence electrons. The van der Waals surface area contributed by atoms with E-state index in [2.05, 4.69) is 15.9 Å². The molecule has 0 radical (unpaired) electrons. The van der Waals surface area contributed by atoms with Crippen LogP contribution in [0.5, 0.6) is 0 Å². The molecule has 0 spiro atoms. The average molecular weight is 310 g/mol. The van der Waals surface area contributed by atoms with Gasteiger partial charge in [-0.15, -0.1) is 0 Å². The number of nitrogens with two attached hydrogens (primary N) is 1. The maximum atomic E-state index is 12.9. The van der Waals surface area contributed by atoms with Crippen LogP contribution in [0.25, 0.3) is 0 Å². The van der Waals surface area contributed by atoms with E-state index in [1.54, 1.807) is 6.92 Å². The van der Waals surface area contributed by atoms with E-state index in [0.29, 0.717) is 5.56 Å². The van der Waals surface area contributed by atoms with Crippen LogP contribution in [0, 0.1) is 5.82 Å². The first-order valence-electron chi connectivity index (χ1n) is 4.70. The summed E-state index contributed by atoms with van der Waals surface area (Å²) < 4.78 is 36.4. The highest BCUT2D eigenvalue weighted by Gasteiger charge is 2.15. The summed E-state index contributed by atoms with van der Waals surface area (Å²) in [6.45, 7) is 1.64. The maximum absolute atomic E-state index is 12.9. The van der Waals surface area contributed by atoms with Gasteiger partial charge in [0.05, 0.1) is 16.0 Å². The lowest BCUT2D eigenvalue weighted by molar-refractivity contribution is 0.588. The minimum Gasteiger partial charge on any atom is -0.327 e. The zero-order valence-electron chi connectivity index (χ0n) is 8.78. The highest BCUT2D eigenvalue weighted by atomic mass is 79.9. The molecule has 1 atom stereocenters. The summed E-state index contributed by atoms with van der Waals surface area (Å²) >= 11 is 3.01. The first-order valence-corrected chi connectivity index (χ1v) is 7.31. The third-order valence-electron chi connectivity index (χ3n) is 1.89. The molecule has 0 aliphatic rings. The van der Waals surface area contributed by atoms with E-state index in [1.165, 1.54) is 18.2 Å². The van der Waals surface area contributed by atoms with Crippen molar-refractivity contribution in [1.82, 2.24) is 0 Å². The molecule has 0 heterocycles. The molecular formula is C10H13BrFNO2S. The van der Waals surface area contributed by atoms with Gasteiger partial charge in [-0.2, -0.15) is 0 Å². The number of halogens is 2. The van der Waals surface area contributed by atoms with Crippen molar-refractivity contribution in [2.24, 2.45) is 5.73 Å². The monoisotopic (exact) mass is 309 g/mol. The van der Waals surface area contributed by atoms with Gasteiger partial charge in [-0.1, -0.05) is 6.07 Å². The van der Waals surface area contributed by atoms with Gasteiger partial charge in [0.1, 0.15) is 5.82 Å². The van der Waals surface area contributed by atoms with Gasteiger partial charge < -0.3 is 5.73 Å². The van der Waals surface area contributed by atoms with E-state index in [-0.39, 0.29) is 16.0 Å². The van der Waals surface area contributed by atoms with Gasteiger partial charge >= 0.3 is 0 Å². The van der Waals surface area contributed by atoms with Crippen LogP contribution in [0.3, 0.4) is 0 Å². The smallest absolute Gasteiger partial charge is 0.155 e. The number of hydrogen-bond donors (Lipinski definition) is 1. The Labute approximate surface area is 103 Å². The molecule has 0 amide bonds. The van der Waals surface area contributed by atoms with Gasteiger partial charge in [0.2, 0.25) is 0 Å². The predicted molar refractivity (Wildman–Crippen MR) is 65.2 cm³/mol. The molecule has 0 aliphatic carbocycles. The number of sulfone groups is 1. The van der Waals surface area contributed by atoms with Crippen LogP contribution in [-0.4, -0.2) is 20.2 Å². The molecule has 1 aromatic rings. The van der Waals surface area contributed by atoms with Crippen molar-refractivity contribution in [2.75, 3.05) is 5.75 Å². The third-order valence-corrected chi connectivity index (χ3v) is 4.30. The topological polar surface area (TPSA) is 60.2 Å². The maximum Gasteiger partial charge on any atom is 0.155 e. The molecule has 1 unspecified atom stereocenters. The van der Waals surface area contributed by atoms with Crippen molar-refractivity contribution in [2.45, 2.75) is 18.7 Å². The Bertz CT molecular complexity index is 474. The molecule has 6 heteroatoms. The van der Waals surface area contributed by atoms with Gasteiger partial charge in [0.15, 0.2) is 9.84 Å². The lowest BCUT2D eigenvalue weighted by Gasteiger charge is -2.07. The molecule has 0 fully saturated rings. The van der Waals surface area contributed by atoms with Gasteiger partial charge in [-0.3, -0.25) is 0 Å². The minimum atomic E-state index is -3.23. The fourth-order valence-corrected chi connectivity index (χ4v) is 3.38. The van der Waals surface area contributed by atoms with E-state index in [4.69, 9.17) is 5.73 Å². The van der Waals surface area contributed by atoms with E-state index in [9.17, 15) is 12.8 Å². The Morgan fingerprint density at radius 1 is 1.50 bits per heavy atom. The molecule has 1 aromatic carbocycles. The fourth-order valence-electron chi connectivity index (χ4n) is 1.34. The SMILES string of the molecule is CC(N)CS(=O)(=O)Cc1ccc(F)c(Br)c1. The predicted octanol–water partition coefficient (Wildman–Crippen LogP) is 1.85. The Hall–Kier alpha value is -0.460. The number of rotatable bonds is 4. The Kier molecular flexibility index (Phi) is 4.46. The van der Waals surface area contributed by atoms with Crippen molar-refractivity contribution in [3.8, 4) is 0 Å². The summed E-state index contributed by atoms with van der Waals surface area (Å²) in [5.41, 5.74) is 5.99. The lowest BCUT2D eigenvalue weighted by Crippen LogP contribution is -2.27. The first-order chi connectivity index (χ1) is 7.30. The van der Waals surface area contributed by atoms with Crippen molar-refractivity contribution < 1.29 is 12.8 Å². The standard InChI is InChI=1S/C10H13BrFNO2S/c1-7(13)5-16(14,15)6-8-2-3-10(12)9(11)4-8/h2-4,7H,5-6,13H2,1H3. The van der Waals surface area contributed by atoms with Crippen LogP contribution >= 0.6 is 15.9 Å². The van der Waals surface area contributed by atoms with Crippen molar-refractivity contribution >= 4 is 25.8 Å². The van der Waals surface area contributed by atoms with Crippen molar-refractivity contribution in [1.29, 1.82) is 0 Å². The fraction of sp³-hybridized carbons (Fsp3) is 0.400. The van der Waals surface area contributed by atoms with Crippen LogP contribution in [0.4, 0.5) is 4.39 Å². The second kappa shape index (κ2) is 5.25. The van der Waals surface area contributed by atoms with Crippen molar-refractivity contribution in [3.63, 3.8) is 0 Å². The normalized spacial score (nSPS) is 13.8. The van der Waals surface area contributed by atoms with Crippen LogP contribution < -0.4 is 5.73 Å². The van der Waals surface area contributed by atoms with E-state index in [1.807, 2.05) is 0 Å². The Morgan fingerprint density at radius 3 is 2.62 bits per heavy atom. The zero-order chi connectivity index (χ0) is 12.3. The third kappa shape index (κ3) is 4.19. The Morgan fingerprint density at radius 2 is 2.12 bits per heavy atom. The zero-order valence-corrected chi connectivity index (χ0v) is 11.2. The van der Waals surface area contributed by atoms with Crippen LogP contribution in [0.2, 0.25) is 0 Å². The second-order valence-corrected chi connectivity index (χ2v) is 6.74. The molecule has 0 bridgehead atoms. The first kappa shape index (κ1) is 13.6. The summed E-state index contributed by atoms with van der Waals surface area (Å²) in [5.74, 6) is -0.594. The quantitative estimate of drug-likeness (QED) is 0.923. The molecule has 0 aliphatic heterocycles. The lowest BCUT2D eigenvalue weighted by atomic mass is 10.2. The second-order valence-electron chi connectivity index (χ2n) is 3.78. The molecule has 2 N–H and O–H groups in total.